The zero-order valence-electron chi connectivity index (χ0n) is 11.3. The van der Waals surface area contributed by atoms with Gasteiger partial charge in [0.2, 0.25) is 5.88 Å². The first kappa shape index (κ1) is 15.3. The maximum atomic E-state index is 6.05. The minimum absolute atomic E-state index is 0.435. The molecule has 2 aromatic rings. The molecule has 2 aromatic heterocycles. The van der Waals surface area contributed by atoms with Crippen LogP contribution < -0.4 is 15.0 Å². The van der Waals surface area contributed by atoms with Gasteiger partial charge in [-0.2, -0.15) is 4.98 Å². The van der Waals surface area contributed by atoms with Gasteiger partial charge in [-0.1, -0.05) is 22.9 Å². The lowest BCUT2D eigenvalue weighted by Crippen LogP contribution is -2.07. The van der Waals surface area contributed by atoms with Crippen molar-refractivity contribution in [3.8, 4) is 5.88 Å². The van der Waals surface area contributed by atoms with Gasteiger partial charge in [0.25, 0.3) is 0 Å². The summed E-state index contributed by atoms with van der Waals surface area (Å²) in [4.78, 5) is 11.4. The van der Waals surface area contributed by atoms with Gasteiger partial charge in [0.15, 0.2) is 10.3 Å². The zero-order chi connectivity index (χ0) is 14.7. The summed E-state index contributed by atoms with van der Waals surface area (Å²) in [5.74, 6) is 0.630. The third kappa shape index (κ3) is 3.53. The van der Waals surface area contributed by atoms with Gasteiger partial charge in [0.1, 0.15) is 0 Å². The van der Waals surface area contributed by atoms with E-state index in [0.29, 0.717) is 17.6 Å². The number of pyridine rings is 1. The molecule has 1 N–H and O–H groups in total. The number of ether oxygens (including phenoxy) is 1. The van der Waals surface area contributed by atoms with E-state index in [4.69, 9.17) is 16.3 Å². The second-order valence-corrected chi connectivity index (χ2v) is 6.50. The van der Waals surface area contributed by atoms with E-state index in [1.165, 1.54) is 0 Å². The lowest BCUT2D eigenvalue weighted by molar-refractivity contribution is 0.397. The number of methoxy groups -OCH3 is 1. The quantitative estimate of drug-likeness (QED) is 0.806. The highest BCUT2D eigenvalue weighted by atomic mass is 79.9. The Kier molecular flexibility index (Phi) is 5.06. The van der Waals surface area contributed by atoms with Crippen LogP contribution in [0, 0.1) is 0 Å². The lowest BCUT2D eigenvalue weighted by Gasteiger charge is -2.07. The molecule has 0 fully saturated rings. The number of nitrogens with one attached hydrogen (secondary N) is 1. The predicted octanol–water partition coefficient (Wildman–Crippen LogP) is 3.64. The van der Waals surface area contributed by atoms with E-state index in [2.05, 4.69) is 31.2 Å². The molecule has 0 radical (unpaired) electrons. The number of halogens is 2. The topological polar surface area (TPSA) is 50.3 Å². The van der Waals surface area contributed by atoms with Gasteiger partial charge >= 0.3 is 0 Å². The van der Waals surface area contributed by atoms with Gasteiger partial charge in [-0.05, 0) is 22.0 Å². The summed E-state index contributed by atoms with van der Waals surface area (Å²) in [6.07, 6.45) is 1.66. The van der Waals surface area contributed by atoms with Crippen LogP contribution in [0.2, 0.25) is 5.15 Å². The molecule has 8 heteroatoms. The van der Waals surface area contributed by atoms with E-state index in [1.54, 1.807) is 24.6 Å². The predicted molar refractivity (Wildman–Crippen MR) is 87.3 cm³/mol. The average Bonchev–Trinajstić information content (AvgIpc) is 2.83. The number of thiazole rings is 1. The standard InChI is InChI=1S/C12H14BrClN4OS/c1-18(2)12-17-11(19-3)9(20-12)6-15-8-4-7(13)5-16-10(8)14/h4-5,15H,6H2,1-3H3. The van der Waals surface area contributed by atoms with Crippen molar-refractivity contribution in [3.05, 3.63) is 26.8 Å². The van der Waals surface area contributed by atoms with Gasteiger partial charge in [0.05, 0.1) is 24.2 Å². The van der Waals surface area contributed by atoms with Crippen LogP contribution in [-0.2, 0) is 6.54 Å². The molecule has 2 rings (SSSR count). The normalized spacial score (nSPS) is 10.4. The largest absolute Gasteiger partial charge is 0.480 e. The number of rotatable bonds is 5. The Morgan fingerprint density at radius 3 is 2.90 bits per heavy atom. The van der Waals surface area contributed by atoms with Crippen LogP contribution in [0.25, 0.3) is 0 Å². The van der Waals surface area contributed by atoms with Gasteiger partial charge in [-0.25, -0.2) is 4.98 Å². The molecule has 2 heterocycles. The molecule has 0 saturated carbocycles. The summed E-state index contributed by atoms with van der Waals surface area (Å²) < 4.78 is 6.16. The summed E-state index contributed by atoms with van der Waals surface area (Å²) in [7, 11) is 5.51. The van der Waals surface area contributed by atoms with E-state index in [9.17, 15) is 0 Å². The van der Waals surface area contributed by atoms with E-state index in [1.807, 2.05) is 25.1 Å². The van der Waals surface area contributed by atoms with Crippen LogP contribution in [0.1, 0.15) is 4.88 Å². The Morgan fingerprint density at radius 2 is 2.25 bits per heavy atom. The highest BCUT2D eigenvalue weighted by molar-refractivity contribution is 9.10. The minimum Gasteiger partial charge on any atom is -0.480 e. The first-order chi connectivity index (χ1) is 9.51. The summed E-state index contributed by atoms with van der Waals surface area (Å²) in [5.41, 5.74) is 0.767. The first-order valence-corrected chi connectivity index (χ1v) is 7.76. The van der Waals surface area contributed by atoms with Crippen molar-refractivity contribution < 1.29 is 4.74 Å². The number of hydrogen-bond donors (Lipinski definition) is 1. The van der Waals surface area contributed by atoms with E-state index in [0.717, 1.165) is 20.2 Å². The van der Waals surface area contributed by atoms with Gasteiger partial charge in [-0.3, -0.25) is 0 Å². The Hall–Kier alpha value is -1.05. The molecular weight excluding hydrogens is 364 g/mol. The van der Waals surface area contributed by atoms with Crippen LogP contribution >= 0.6 is 38.9 Å². The lowest BCUT2D eigenvalue weighted by atomic mass is 10.4. The highest BCUT2D eigenvalue weighted by Gasteiger charge is 2.13. The molecule has 0 saturated heterocycles. The fourth-order valence-corrected chi connectivity index (χ4v) is 2.90. The molecule has 0 bridgehead atoms. The maximum Gasteiger partial charge on any atom is 0.231 e. The fourth-order valence-electron chi connectivity index (χ4n) is 1.51. The van der Waals surface area contributed by atoms with Crippen LogP contribution in [0.15, 0.2) is 16.7 Å². The number of nitrogens with zero attached hydrogens (tertiary/aromatic N) is 3. The Labute approximate surface area is 135 Å². The minimum atomic E-state index is 0.435. The molecule has 0 aromatic carbocycles. The maximum absolute atomic E-state index is 6.05. The second-order valence-electron chi connectivity index (χ2n) is 4.17. The molecule has 0 unspecified atom stereocenters. The number of anilines is 2. The van der Waals surface area contributed by atoms with Gasteiger partial charge in [-0.15, -0.1) is 0 Å². The van der Waals surface area contributed by atoms with Crippen molar-refractivity contribution in [2.75, 3.05) is 31.4 Å². The van der Waals surface area contributed by atoms with Crippen molar-refractivity contribution in [1.82, 2.24) is 9.97 Å². The molecule has 0 atom stereocenters. The van der Waals surface area contributed by atoms with Gasteiger partial charge in [0, 0.05) is 24.8 Å². The highest BCUT2D eigenvalue weighted by Crippen LogP contribution is 2.32. The Morgan fingerprint density at radius 1 is 1.50 bits per heavy atom. The van der Waals surface area contributed by atoms with E-state index >= 15 is 0 Å². The number of aromatic nitrogens is 2. The molecule has 0 amide bonds. The van der Waals surface area contributed by atoms with Crippen molar-refractivity contribution in [3.63, 3.8) is 0 Å². The van der Waals surface area contributed by atoms with Crippen molar-refractivity contribution in [1.29, 1.82) is 0 Å². The van der Waals surface area contributed by atoms with Crippen LogP contribution in [0.5, 0.6) is 5.88 Å². The molecular formula is C12H14BrClN4OS. The average molecular weight is 378 g/mol. The summed E-state index contributed by atoms with van der Waals surface area (Å²) >= 11 is 11.0. The smallest absolute Gasteiger partial charge is 0.231 e. The monoisotopic (exact) mass is 376 g/mol. The van der Waals surface area contributed by atoms with Crippen molar-refractivity contribution in [2.24, 2.45) is 0 Å². The molecule has 0 spiro atoms. The van der Waals surface area contributed by atoms with Crippen LogP contribution in [-0.4, -0.2) is 31.2 Å². The molecule has 5 nitrogen and oxygen atoms in total. The summed E-state index contributed by atoms with van der Waals surface area (Å²) in [6.45, 7) is 0.576. The molecule has 0 aliphatic carbocycles. The second kappa shape index (κ2) is 6.60. The van der Waals surface area contributed by atoms with Crippen LogP contribution in [0.4, 0.5) is 10.8 Å². The van der Waals surface area contributed by atoms with E-state index in [-0.39, 0.29) is 0 Å². The Bertz CT molecular complexity index is 605. The molecule has 108 valence electrons. The van der Waals surface area contributed by atoms with Crippen LogP contribution in [0.3, 0.4) is 0 Å². The number of hydrogen-bond acceptors (Lipinski definition) is 6. The summed E-state index contributed by atoms with van der Waals surface area (Å²) in [5, 5.41) is 4.58. The molecule has 0 aliphatic heterocycles. The zero-order valence-corrected chi connectivity index (χ0v) is 14.4. The fraction of sp³-hybridized carbons (Fsp3) is 0.333. The third-order valence-corrected chi connectivity index (χ3v) is 4.41. The van der Waals surface area contributed by atoms with E-state index < -0.39 is 0 Å². The molecule has 0 aliphatic rings. The Balaban J connectivity index is 2.16. The van der Waals surface area contributed by atoms with Crippen molar-refractivity contribution >= 4 is 49.7 Å². The van der Waals surface area contributed by atoms with Crippen molar-refractivity contribution in [2.45, 2.75) is 6.54 Å². The van der Waals surface area contributed by atoms with Gasteiger partial charge < -0.3 is 15.0 Å². The first-order valence-electron chi connectivity index (χ1n) is 5.77. The third-order valence-electron chi connectivity index (χ3n) is 2.47. The molecule has 20 heavy (non-hydrogen) atoms. The summed E-state index contributed by atoms with van der Waals surface area (Å²) in [6, 6.07) is 1.88. The SMILES string of the molecule is COc1nc(N(C)C)sc1CNc1cc(Br)cnc1Cl.